The topological polar surface area (TPSA) is 35.0 Å². The second kappa shape index (κ2) is 9.73. The smallest absolute Gasteiger partial charge is 0.416 e. The number of nitrogens with zero attached hydrogens (tertiary/aromatic N) is 2. The molecule has 3 aromatic rings. The van der Waals surface area contributed by atoms with Crippen LogP contribution in [0.5, 0.6) is 11.6 Å². The van der Waals surface area contributed by atoms with Crippen LogP contribution >= 0.6 is 11.8 Å². The molecule has 0 fully saturated rings. The predicted molar refractivity (Wildman–Crippen MR) is 118 cm³/mol. The van der Waals surface area contributed by atoms with Crippen molar-refractivity contribution in [3.8, 4) is 11.6 Å². The Morgan fingerprint density at radius 1 is 0.903 bits per heavy atom. The molecule has 3 nitrogen and oxygen atoms in total. The highest BCUT2D eigenvalue weighted by atomic mass is 32.2. The number of benzene rings is 2. The number of aromatic nitrogens is 2. The average Bonchev–Trinajstić information content (AvgIpc) is 2.72. The van der Waals surface area contributed by atoms with E-state index < -0.39 is 11.7 Å². The second-order valence-corrected chi connectivity index (χ2v) is 8.82. The van der Waals surface area contributed by atoms with Crippen LogP contribution in [0.3, 0.4) is 0 Å². The van der Waals surface area contributed by atoms with Gasteiger partial charge < -0.3 is 4.74 Å². The van der Waals surface area contributed by atoms with Crippen LogP contribution in [0, 0.1) is 0 Å². The Kier molecular flexibility index (Phi) is 7.26. The van der Waals surface area contributed by atoms with Crippen molar-refractivity contribution in [2.45, 2.75) is 56.6 Å². The summed E-state index contributed by atoms with van der Waals surface area (Å²) in [5.41, 5.74) is 1.94. The lowest BCUT2D eigenvalue weighted by Crippen LogP contribution is -2.05. The van der Waals surface area contributed by atoms with Gasteiger partial charge in [0.1, 0.15) is 5.75 Å². The summed E-state index contributed by atoms with van der Waals surface area (Å²) in [6, 6.07) is 15.0. The molecule has 0 amide bonds. The average molecular weight is 447 g/mol. The third-order valence-corrected chi connectivity index (χ3v) is 5.60. The van der Waals surface area contributed by atoms with Gasteiger partial charge >= 0.3 is 6.18 Å². The summed E-state index contributed by atoms with van der Waals surface area (Å²) in [6.45, 7) is 8.29. The molecule has 0 aliphatic heterocycles. The molecule has 0 saturated carbocycles. The minimum absolute atomic E-state index is 0.154. The standard InChI is InChI=1S/C24H25F3N2OS/c1-15(2)18-8-10-20(11-9-18)30-22-13-21(16(3)4)28-23(29-22)31-14-17-6-5-7-19(12-17)24(25,26)27/h5-13,15-16H,14H2,1-4H3. The molecule has 31 heavy (non-hydrogen) atoms. The Balaban J connectivity index is 1.78. The molecule has 0 aliphatic rings. The van der Waals surface area contributed by atoms with E-state index in [-0.39, 0.29) is 5.92 Å². The molecule has 2 aromatic carbocycles. The van der Waals surface area contributed by atoms with E-state index in [1.165, 1.54) is 23.4 Å². The first kappa shape index (κ1) is 23.1. The molecule has 1 aromatic heterocycles. The lowest BCUT2D eigenvalue weighted by Gasteiger charge is -2.12. The van der Waals surface area contributed by atoms with Gasteiger partial charge in [-0.2, -0.15) is 18.2 Å². The summed E-state index contributed by atoms with van der Waals surface area (Å²) in [5.74, 6) is 2.00. The summed E-state index contributed by atoms with van der Waals surface area (Å²) in [6.07, 6.45) is -4.36. The minimum atomic E-state index is -4.36. The first-order valence-corrected chi connectivity index (χ1v) is 11.1. The zero-order valence-electron chi connectivity index (χ0n) is 17.9. The van der Waals surface area contributed by atoms with Gasteiger partial charge in [0.2, 0.25) is 5.88 Å². The van der Waals surface area contributed by atoms with Gasteiger partial charge in [-0.05, 0) is 41.2 Å². The Bertz CT molecular complexity index is 1020. The number of thioether (sulfide) groups is 1. The molecular weight excluding hydrogens is 421 g/mol. The first-order chi connectivity index (χ1) is 14.6. The van der Waals surface area contributed by atoms with Crippen molar-refractivity contribution >= 4 is 11.8 Å². The molecule has 0 spiro atoms. The van der Waals surface area contributed by atoms with Gasteiger partial charge in [0.05, 0.1) is 11.3 Å². The molecule has 0 unspecified atom stereocenters. The Labute approximate surface area is 185 Å². The Hall–Kier alpha value is -2.54. The normalized spacial score (nSPS) is 11.9. The Morgan fingerprint density at radius 3 is 2.23 bits per heavy atom. The van der Waals surface area contributed by atoms with Crippen molar-refractivity contribution in [3.05, 3.63) is 77.0 Å². The molecule has 0 saturated heterocycles. The second-order valence-electron chi connectivity index (χ2n) is 7.88. The number of hydrogen-bond acceptors (Lipinski definition) is 4. The van der Waals surface area contributed by atoms with E-state index in [2.05, 4.69) is 23.8 Å². The van der Waals surface area contributed by atoms with E-state index in [0.29, 0.717) is 34.0 Å². The fraction of sp³-hybridized carbons (Fsp3) is 0.333. The van der Waals surface area contributed by atoms with Gasteiger partial charge in [-0.25, -0.2) is 4.98 Å². The van der Waals surface area contributed by atoms with Crippen LogP contribution in [0.4, 0.5) is 13.2 Å². The molecule has 164 valence electrons. The molecule has 1 heterocycles. The first-order valence-electron chi connectivity index (χ1n) is 10.1. The van der Waals surface area contributed by atoms with Crippen LogP contribution in [-0.2, 0) is 11.9 Å². The number of alkyl halides is 3. The lowest BCUT2D eigenvalue weighted by atomic mass is 10.0. The van der Waals surface area contributed by atoms with Crippen LogP contribution in [0.2, 0.25) is 0 Å². The maximum atomic E-state index is 13.0. The van der Waals surface area contributed by atoms with Crippen molar-refractivity contribution < 1.29 is 17.9 Å². The highest BCUT2D eigenvalue weighted by molar-refractivity contribution is 7.98. The van der Waals surface area contributed by atoms with Crippen LogP contribution in [0.1, 0.15) is 61.9 Å². The number of halogens is 3. The quantitative estimate of drug-likeness (QED) is 0.274. The Morgan fingerprint density at radius 2 is 1.61 bits per heavy atom. The van der Waals surface area contributed by atoms with Gasteiger partial charge in [-0.15, -0.1) is 0 Å². The zero-order chi connectivity index (χ0) is 22.6. The van der Waals surface area contributed by atoms with Gasteiger partial charge in [0, 0.05) is 11.8 Å². The predicted octanol–water partition coefficient (Wildman–Crippen LogP) is 7.83. The van der Waals surface area contributed by atoms with Crippen LogP contribution < -0.4 is 4.74 Å². The van der Waals surface area contributed by atoms with Gasteiger partial charge in [-0.3, -0.25) is 0 Å². The molecule has 7 heteroatoms. The van der Waals surface area contributed by atoms with Crippen LogP contribution in [0.25, 0.3) is 0 Å². The maximum absolute atomic E-state index is 13.0. The zero-order valence-corrected chi connectivity index (χ0v) is 18.7. The molecule has 0 atom stereocenters. The van der Waals surface area contributed by atoms with Gasteiger partial charge in [-0.1, -0.05) is 69.8 Å². The number of ether oxygens (including phenoxy) is 1. The molecule has 0 radical (unpaired) electrons. The van der Waals surface area contributed by atoms with E-state index in [4.69, 9.17) is 4.74 Å². The summed E-state index contributed by atoms with van der Waals surface area (Å²) in [7, 11) is 0. The molecular formula is C24H25F3N2OS. The van der Waals surface area contributed by atoms with Crippen LogP contribution in [0.15, 0.2) is 59.8 Å². The largest absolute Gasteiger partial charge is 0.439 e. The van der Waals surface area contributed by atoms with Crippen LogP contribution in [-0.4, -0.2) is 9.97 Å². The number of hydrogen-bond donors (Lipinski definition) is 0. The van der Waals surface area contributed by atoms with E-state index in [1.807, 2.05) is 38.1 Å². The summed E-state index contributed by atoms with van der Waals surface area (Å²) < 4.78 is 44.8. The monoisotopic (exact) mass is 446 g/mol. The van der Waals surface area contributed by atoms with Crippen molar-refractivity contribution in [2.24, 2.45) is 0 Å². The van der Waals surface area contributed by atoms with Crippen molar-refractivity contribution in [2.75, 3.05) is 0 Å². The summed E-state index contributed by atoms with van der Waals surface area (Å²) in [5, 5.41) is 0.470. The van der Waals surface area contributed by atoms with E-state index >= 15 is 0 Å². The highest BCUT2D eigenvalue weighted by Crippen LogP contribution is 2.32. The van der Waals surface area contributed by atoms with Gasteiger partial charge in [0.25, 0.3) is 0 Å². The maximum Gasteiger partial charge on any atom is 0.416 e. The molecule has 0 bridgehead atoms. The van der Waals surface area contributed by atoms with E-state index in [1.54, 1.807) is 12.1 Å². The summed E-state index contributed by atoms with van der Waals surface area (Å²) >= 11 is 1.29. The third kappa shape index (κ3) is 6.47. The molecule has 0 aliphatic carbocycles. The SMILES string of the molecule is CC(C)c1ccc(Oc2cc(C(C)C)nc(SCc3cccc(C(F)(F)F)c3)n2)cc1. The molecule has 3 rings (SSSR count). The highest BCUT2D eigenvalue weighted by Gasteiger charge is 2.30. The number of rotatable bonds is 7. The minimum Gasteiger partial charge on any atom is -0.439 e. The molecule has 0 N–H and O–H groups in total. The lowest BCUT2D eigenvalue weighted by molar-refractivity contribution is -0.137. The fourth-order valence-corrected chi connectivity index (χ4v) is 3.66. The summed E-state index contributed by atoms with van der Waals surface area (Å²) in [4.78, 5) is 9.01. The van der Waals surface area contributed by atoms with E-state index in [0.717, 1.165) is 17.8 Å². The van der Waals surface area contributed by atoms with Crippen molar-refractivity contribution in [1.29, 1.82) is 0 Å². The third-order valence-electron chi connectivity index (χ3n) is 4.68. The van der Waals surface area contributed by atoms with Crippen molar-refractivity contribution in [3.63, 3.8) is 0 Å². The van der Waals surface area contributed by atoms with E-state index in [9.17, 15) is 13.2 Å². The van der Waals surface area contributed by atoms with Gasteiger partial charge in [0.15, 0.2) is 5.16 Å². The fourth-order valence-electron chi connectivity index (χ4n) is 2.86. The van der Waals surface area contributed by atoms with Crippen molar-refractivity contribution in [1.82, 2.24) is 9.97 Å².